The first kappa shape index (κ1) is 25.7. The first-order chi connectivity index (χ1) is 17.8. The van der Waals surface area contributed by atoms with E-state index in [4.69, 9.17) is 4.74 Å². The zero-order valence-corrected chi connectivity index (χ0v) is 22.6. The van der Waals surface area contributed by atoms with Gasteiger partial charge in [0.15, 0.2) is 0 Å². The number of fused-ring (bicyclic) bond motifs is 2. The van der Waals surface area contributed by atoms with Crippen LogP contribution in [0.3, 0.4) is 0 Å². The molecule has 1 N–H and O–H groups in total. The van der Waals surface area contributed by atoms with Crippen LogP contribution in [-0.4, -0.2) is 66.2 Å². The smallest absolute Gasteiger partial charge is 0.254 e. The van der Waals surface area contributed by atoms with Gasteiger partial charge in [-0.25, -0.2) is 0 Å². The molecule has 0 bridgehead atoms. The summed E-state index contributed by atoms with van der Waals surface area (Å²) < 4.78 is 6.43. The Morgan fingerprint density at radius 2 is 1.86 bits per heavy atom. The molecule has 3 aromatic rings. The van der Waals surface area contributed by atoms with Crippen LogP contribution in [0.25, 0.3) is 10.8 Å². The number of likely N-dealkylation sites (N-methyl/N-ethyl adjacent to an activating group) is 1. The number of benzene rings is 3. The number of methoxy groups -OCH3 is 1. The maximum Gasteiger partial charge on any atom is 0.254 e. The van der Waals surface area contributed by atoms with Gasteiger partial charge in [-0.3, -0.25) is 4.79 Å². The summed E-state index contributed by atoms with van der Waals surface area (Å²) in [6.07, 6.45) is 3.52. The van der Waals surface area contributed by atoms with E-state index >= 15 is 0 Å². The number of carbonyl (C=O) groups excluding carboxylic acids is 1. The molecule has 196 valence electrons. The molecule has 1 amide bonds. The first-order valence-corrected chi connectivity index (χ1v) is 13.6. The lowest BCUT2D eigenvalue weighted by Crippen LogP contribution is -2.67. The van der Waals surface area contributed by atoms with Crippen LogP contribution in [-0.2, 0) is 10.2 Å². The van der Waals surface area contributed by atoms with E-state index in [9.17, 15) is 9.90 Å². The van der Waals surface area contributed by atoms with E-state index in [1.165, 1.54) is 0 Å². The van der Waals surface area contributed by atoms with Crippen molar-refractivity contribution in [3.05, 3.63) is 77.9 Å². The highest BCUT2D eigenvalue weighted by molar-refractivity contribution is 5.98. The molecule has 1 aliphatic carbocycles. The molecular weight excluding hydrogens is 460 g/mol. The summed E-state index contributed by atoms with van der Waals surface area (Å²) in [5.41, 5.74) is 1.22. The molecule has 1 heterocycles. The van der Waals surface area contributed by atoms with Crippen LogP contribution in [0.2, 0.25) is 0 Å². The number of piperidine rings is 1. The van der Waals surface area contributed by atoms with Gasteiger partial charge in [-0.05, 0) is 85.8 Å². The van der Waals surface area contributed by atoms with Gasteiger partial charge in [0, 0.05) is 37.2 Å². The van der Waals surface area contributed by atoms with Crippen LogP contribution < -0.4 is 0 Å². The highest BCUT2D eigenvalue weighted by Crippen LogP contribution is 2.54. The number of amides is 1. The molecule has 0 radical (unpaired) electrons. The van der Waals surface area contributed by atoms with Crippen molar-refractivity contribution in [1.29, 1.82) is 0 Å². The Kier molecular flexibility index (Phi) is 7.03. The molecule has 2 fully saturated rings. The largest absolute Gasteiger partial charge is 0.508 e. The van der Waals surface area contributed by atoms with Gasteiger partial charge in [0.25, 0.3) is 5.91 Å². The number of aromatic hydroxyl groups is 1. The Labute approximate surface area is 221 Å². The summed E-state index contributed by atoms with van der Waals surface area (Å²) in [4.78, 5) is 18.6. The van der Waals surface area contributed by atoms with Gasteiger partial charge in [-0.1, -0.05) is 56.3 Å². The van der Waals surface area contributed by atoms with Gasteiger partial charge in [0.1, 0.15) is 5.75 Å². The molecule has 1 saturated heterocycles. The van der Waals surface area contributed by atoms with Gasteiger partial charge in [-0.15, -0.1) is 0 Å². The lowest BCUT2D eigenvalue weighted by Gasteiger charge is -2.60. The third-order valence-electron chi connectivity index (χ3n) is 8.83. The minimum atomic E-state index is -0.361. The SMILES string of the molecule is CO[C@]12CC[C@H](N(CC(C)C)C(=O)c3ccc4ccccc4c3)C[C@]1(c1cccc(O)c1)CCN(C)C2. The summed E-state index contributed by atoms with van der Waals surface area (Å²) in [6, 6.07) is 22.1. The second-order valence-electron chi connectivity index (χ2n) is 11.6. The average molecular weight is 501 g/mol. The molecule has 0 aromatic heterocycles. The van der Waals surface area contributed by atoms with Crippen LogP contribution >= 0.6 is 0 Å². The maximum absolute atomic E-state index is 14.1. The normalized spacial score (nSPS) is 26.2. The number of hydrogen-bond acceptors (Lipinski definition) is 4. The zero-order valence-electron chi connectivity index (χ0n) is 22.6. The Hall–Kier alpha value is -2.89. The van der Waals surface area contributed by atoms with Gasteiger partial charge >= 0.3 is 0 Å². The highest BCUT2D eigenvalue weighted by atomic mass is 16.5. The number of phenols is 1. The van der Waals surface area contributed by atoms with E-state index in [1.807, 2.05) is 43.5 Å². The van der Waals surface area contributed by atoms with E-state index in [-0.39, 0.29) is 28.7 Å². The lowest BCUT2D eigenvalue weighted by atomic mass is 9.55. The number of phenolic OH excluding ortho intramolecular Hbond substituents is 1. The molecule has 0 unspecified atom stereocenters. The molecule has 37 heavy (non-hydrogen) atoms. The third kappa shape index (κ3) is 4.64. The Balaban J connectivity index is 1.55. The molecule has 5 rings (SSSR count). The van der Waals surface area contributed by atoms with Crippen molar-refractivity contribution in [3.8, 4) is 5.75 Å². The van der Waals surface area contributed by atoms with Crippen LogP contribution in [0.5, 0.6) is 5.75 Å². The monoisotopic (exact) mass is 500 g/mol. The summed E-state index contributed by atoms with van der Waals surface area (Å²) in [5.74, 6) is 0.741. The summed E-state index contributed by atoms with van der Waals surface area (Å²) >= 11 is 0. The van der Waals surface area contributed by atoms with Gasteiger partial charge in [0.05, 0.1) is 5.60 Å². The predicted octanol–water partition coefficient (Wildman–Crippen LogP) is 5.85. The van der Waals surface area contributed by atoms with Crippen LogP contribution in [0.1, 0.15) is 55.5 Å². The topological polar surface area (TPSA) is 53.0 Å². The molecule has 3 aromatic carbocycles. The average Bonchev–Trinajstić information content (AvgIpc) is 2.90. The highest BCUT2D eigenvalue weighted by Gasteiger charge is 2.59. The minimum absolute atomic E-state index is 0.0930. The van der Waals surface area contributed by atoms with Gasteiger partial charge in [-0.2, -0.15) is 0 Å². The summed E-state index contributed by atoms with van der Waals surface area (Å²) in [5, 5.41) is 12.7. The Morgan fingerprint density at radius 3 is 2.59 bits per heavy atom. The molecule has 1 aliphatic heterocycles. The molecule has 2 aliphatic rings. The molecular formula is C32H40N2O3. The quantitative estimate of drug-likeness (QED) is 0.461. The van der Waals surface area contributed by atoms with Crippen LogP contribution in [0, 0.1) is 5.92 Å². The Morgan fingerprint density at radius 1 is 1.08 bits per heavy atom. The standard InChI is InChI=1S/C32H40N2O3/c1-23(2)21-34(30(36)26-13-12-24-8-5-6-9-25(24)18-26)28-14-15-32(37-4)22-33(3)17-16-31(32,20-28)27-10-7-11-29(35)19-27/h5-13,18-19,23,28,35H,14-17,20-22H2,1-4H3/t28-,31-,32-/m0/s1. The summed E-state index contributed by atoms with van der Waals surface area (Å²) in [6.45, 7) is 6.88. The molecule has 0 spiro atoms. The van der Waals surface area contributed by atoms with Crippen molar-refractivity contribution in [2.75, 3.05) is 33.8 Å². The number of nitrogens with zero attached hydrogens (tertiary/aromatic N) is 2. The molecule has 5 nitrogen and oxygen atoms in total. The predicted molar refractivity (Wildman–Crippen MR) is 149 cm³/mol. The number of rotatable bonds is 6. The minimum Gasteiger partial charge on any atom is -0.508 e. The fraction of sp³-hybridized carbons (Fsp3) is 0.469. The van der Waals surface area contributed by atoms with Crippen molar-refractivity contribution in [2.45, 2.75) is 56.6 Å². The van der Waals surface area contributed by atoms with Crippen LogP contribution in [0.4, 0.5) is 0 Å². The zero-order chi connectivity index (χ0) is 26.2. The van der Waals surface area contributed by atoms with E-state index in [1.54, 1.807) is 6.07 Å². The van der Waals surface area contributed by atoms with Gasteiger partial charge in [0.2, 0.25) is 0 Å². The van der Waals surface area contributed by atoms with Crippen molar-refractivity contribution >= 4 is 16.7 Å². The van der Waals surface area contributed by atoms with E-state index in [2.05, 4.69) is 55.0 Å². The number of likely N-dealkylation sites (tertiary alicyclic amines) is 1. The summed E-state index contributed by atoms with van der Waals surface area (Å²) in [7, 11) is 4.00. The van der Waals surface area contributed by atoms with Crippen molar-refractivity contribution in [2.24, 2.45) is 5.92 Å². The van der Waals surface area contributed by atoms with Gasteiger partial charge < -0.3 is 19.6 Å². The lowest BCUT2D eigenvalue weighted by molar-refractivity contribution is -0.150. The molecule has 5 heteroatoms. The van der Waals surface area contributed by atoms with E-state index in [0.29, 0.717) is 12.5 Å². The number of ether oxygens (including phenoxy) is 1. The van der Waals surface area contributed by atoms with E-state index < -0.39 is 0 Å². The fourth-order valence-corrected chi connectivity index (χ4v) is 7.02. The number of hydrogen-bond donors (Lipinski definition) is 1. The second kappa shape index (κ2) is 10.1. The third-order valence-corrected chi connectivity index (χ3v) is 8.83. The fourth-order valence-electron chi connectivity index (χ4n) is 7.02. The van der Waals surface area contributed by atoms with Crippen LogP contribution in [0.15, 0.2) is 66.7 Å². The van der Waals surface area contributed by atoms with Crippen molar-refractivity contribution < 1.29 is 14.6 Å². The van der Waals surface area contributed by atoms with Crippen molar-refractivity contribution in [3.63, 3.8) is 0 Å². The van der Waals surface area contributed by atoms with E-state index in [0.717, 1.165) is 60.7 Å². The first-order valence-electron chi connectivity index (χ1n) is 13.6. The molecule has 1 saturated carbocycles. The van der Waals surface area contributed by atoms with Crippen molar-refractivity contribution in [1.82, 2.24) is 9.80 Å². The maximum atomic E-state index is 14.1. The Bertz CT molecular complexity index is 1270. The molecule has 3 atom stereocenters. The second-order valence-corrected chi connectivity index (χ2v) is 11.6. The number of carbonyl (C=O) groups is 1.